The van der Waals surface area contributed by atoms with E-state index in [0.717, 1.165) is 28.8 Å². The molecule has 18 heavy (non-hydrogen) atoms. The van der Waals surface area contributed by atoms with Gasteiger partial charge in [-0.3, -0.25) is 0 Å². The summed E-state index contributed by atoms with van der Waals surface area (Å²) in [5.41, 5.74) is 2.13. The van der Waals surface area contributed by atoms with Crippen molar-refractivity contribution < 1.29 is 0 Å². The Labute approximate surface area is 114 Å². The van der Waals surface area contributed by atoms with Gasteiger partial charge in [0.15, 0.2) is 11.0 Å². The molecule has 3 nitrogen and oxygen atoms in total. The molecule has 0 amide bonds. The third kappa shape index (κ3) is 2.94. The predicted molar refractivity (Wildman–Crippen MR) is 76.1 cm³/mol. The van der Waals surface area contributed by atoms with Crippen LogP contribution in [0.5, 0.6) is 0 Å². The van der Waals surface area contributed by atoms with Crippen LogP contribution in [0.15, 0.2) is 0 Å². The van der Waals surface area contributed by atoms with Gasteiger partial charge in [0.05, 0.1) is 0 Å². The lowest BCUT2D eigenvalue weighted by molar-refractivity contribution is 0.280. The highest BCUT2D eigenvalue weighted by atomic mass is 35.5. The zero-order valence-corrected chi connectivity index (χ0v) is 12.4. The van der Waals surface area contributed by atoms with Gasteiger partial charge in [-0.15, -0.1) is 10.2 Å². The lowest BCUT2D eigenvalue weighted by Crippen LogP contribution is -2.31. The third-order valence-electron chi connectivity index (χ3n) is 3.98. The second-order valence-corrected chi connectivity index (χ2v) is 6.21. The van der Waals surface area contributed by atoms with Crippen LogP contribution in [0.25, 0.3) is 0 Å². The number of halogens is 1. The maximum Gasteiger partial charge on any atom is 0.155 e. The maximum absolute atomic E-state index is 5.97. The van der Waals surface area contributed by atoms with Crippen LogP contribution in [0.4, 0.5) is 5.82 Å². The molecule has 0 saturated heterocycles. The third-order valence-corrected chi connectivity index (χ3v) is 4.34. The lowest BCUT2D eigenvalue weighted by atomic mass is 9.80. The Hall–Kier alpha value is -0.830. The minimum atomic E-state index is 0.503. The Morgan fingerprint density at radius 3 is 2.22 bits per heavy atom. The molecule has 1 aromatic heterocycles. The fraction of sp³-hybridized carbons (Fsp3) is 0.714. The highest BCUT2D eigenvalue weighted by molar-refractivity contribution is 6.30. The molecular formula is C14H22ClN3. The van der Waals surface area contributed by atoms with Gasteiger partial charge in [-0.2, -0.15) is 0 Å². The van der Waals surface area contributed by atoms with Gasteiger partial charge >= 0.3 is 0 Å². The molecule has 1 fully saturated rings. The molecule has 1 aliphatic carbocycles. The fourth-order valence-corrected chi connectivity index (χ4v) is 3.15. The summed E-state index contributed by atoms with van der Waals surface area (Å²) in [4.78, 5) is 0. The van der Waals surface area contributed by atoms with Gasteiger partial charge in [0.2, 0.25) is 0 Å². The molecule has 1 saturated carbocycles. The van der Waals surface area contributed by atoms with E-state index in [1.807, 2.05) is 13.8 Å². The molecule has 0 bridgehead atoms. The molecule has 0 aromatic carbocycles. The van der Waals surface area contributed by atoms with Crippen molar-refractivity contribution in [3.8, 4) is 0 Å². The molecule has 2 atom stereocenters. The summed E-state index contributed by atoms with van der Waals surface area (Å²) in [6.07, 6.45) is 3.77. The molecule has 2 unspecified atom stereocenters. The van der Waals surface area contributed by atoms with Crippen molar-refractivity contribution in [2.75, 3.05) is 5.32 Å². The molecular weight excluding hydrogens is 246 g/mol. The predicted octanol–water partition coefficient (Wildman–Crippen LogP) is 3.98. The Morgan fingerprint density at radius 2 is 1.61 bits per heavy atom. The van der Waals surface area contributed by atoms with E-state index >= 15 is 0 Å². The van der Waals surface area contributed by atoms with Crippen LogP contribution < -0.4 is 5.32 Å². The summed E-state index contributed by atoms with van der Waals surface area (Å²) in [5, 5.41) is 12.2. The fourth-order valence-electron chi connectivity index (χ4n) is 2.97. The van der Waals surface area contributed by atoms with Crippen LogP contribution in [-0.2, 0) is 0 Å². The van der Waals surface area contributed by atoms with Gasteiger partial charge in [-0.1, -0.05) is 25.4 Å². The summed E-state index contributed by atoms with van der Waals surface area (Å²) in [6, 6.07) is 0.511. The summed E-state index contributed by atoms with van der Waals surface area (Å²) in [6.45, 7) is 8.70. The second kappa shape index (κ2) is 5.43. The van der Waals surface area contributed by atoms with Gasteiger partial charge in [-0.05, 0) is 56.1 Å². The van der Waals surface area contributed by atoms with E-state index in [1.54, 1.807) is 0 Å². The summed E-state index contributed by atoms with van der Waals surface area (Å²) in [7, 11) is 0. The van der Waals surface area contributed by atoms with E-state index in [-0.39, 0.29) is 0 Å². The molecule has 0 aliphatic heterocycles. The first-order chi connectivity index (χ1) is 8.47. The van der Waals surface area contributed by atoms with Gasteiger partial charge in [0.1, 0.15) is 0 Å². The average molecular weight is 268 g/mol. The van der Waals surface area contributed by atoms with E-state index in [2.05, 4.69) is 29.4 Å². The largest absolute Gasteiger partial charge is 0.366 e. The zero-order chi connectivity index (χ0) is 13.3. The van der Waals surface area contributed by atoms with Gasteiger partial charge in [-0.25, -0.2) is 0 Å². The molecule has 1 aliphatic rings. The van der Waals surface area contributed by atoms with Crippen LogP contribution >= 0.6 is 11.6 Å². The normalized spacial score (nSPS) is 28.2. The number of nitrogens with zero attached hydrogens (tertiary/aromatic N) is 2. The number of aromatic nitrogens is 2. The van der Waals surface area contributed by atoms with Crippen molar-refractivity contribution in [2.45, 2.75) is 53.0 Å². The van der Waals surface area contributed by atoms with Gasteiger partial charge in [0, 0.05) is 6.04 Å². The van der Waals surface area contributed by atoms with Crippen molar-refractivity contribution in [3.05, 3.63) is 16.3 Å². The number of anilines is 1. The monoisotopic (exact) mass is 267 g/mol. The highest BCUT2D eigenvalue weighted by Crippen LogP contribution is 2.31. The van der Waals surface area contributed by atoms with Crippen LogP contribution in [0.3, 0.4) is 0 Å². The first kappa shape index (κ1) is 13.6. The smallest absolute Gasteiger partial charge is 0.155 e. The van der Waals surface area contributed by atoms with Crippen LogP contribution in [0.2, 0.25) is 5.15 Å². The minimum Gasteiger partial charge on any atom is -0.366 e. The van der Waals surface area contributed by atoms with Crippen LogP contribution in [0.1, 0.15) is 44.2 Å². The quantitative estimate of drug-likeness (QED) is 0.881. The molecule has 1 heterocycles. The first-order valence-electron chi connectivity index (χ1n) is 6.73. The van der Waals surface area contributed by atoms with Crippen LogP contribution in [-0.4, -0.2) is 16.2 Å². The van der Waals surface area contributed by atoms with Crippen molar-refractivity contribution >= 4 is 17.4 Å². The summed E-state index contributed by atoms with van der Waals surface area (Å²) >= 11 is 5.97. The highest BCUT2D eigenvalue weighted by Gasteiger charge is 2.24. The Balaban J connectivity index is 2.12. The molecule has 2 rings (SSSR count). The van der Waals surface area contributed by atoms with Gasteiger partial charge < -0.3 is 5.32 Å². The number of nitrogens with one attached hydrogen (secondary N) is 1. The van der Waals surface area contributed by atoms with Crippen molar-refractivity contribution in [1.29, 1.82) is 0 Å². The Bertz CT molecular complexity index is 423. The van der Waals surface area contributed by atoms with E-state index in [9.17, 15) is 0 Å². The standard InChI is InChI=1S/C14H22ClN3/c1-8-5-9(2)7-12(6-8)16-14-11(4)10(3)13(15)17-18-14/h8-9,12H,5-7H2,1-4H3,(H,16,18). The van der Waals surface area contributed by atoms with E-state index in [4.69, 9.17) is 11.6 Å². The number of hydrogen-bond donors (Lipinski definition) is 1. The molecule has 4 heteroatoms. The van der Waals surface area contributed by atoms with Crippen molar-refractivity contribution in [2.24, 2.45) is 11.8 Å². The zero-order valence-electron chi connectivity index (χ0n) is 11.6. The van der Waals surface area contributed by atoms with Crippen molar-refractivity contribution in [3.63, 3.8) is 0 Å². The molecule has 1 aromatic rings. The number of hydrogen-bond acceptors (Lipinski definition) is 3. The van der Waals surface area contributed by atoms with E-state index < -0.39 is 0 Å². The molecule has 0 radical (unpaired) electrons. The topological polar surface area (TPSA) is 37.8 Å². The minimum absolute atomic E-state index is 0.503. The summed E-state index contributed by atoms with van der Waals surface area (Å²) in [5.74, 6) is 2.46. The first-order valence-corrected chi connectivity index (χ1v) is 7.11. The Morgan fingerprint density at radius 1 is 1.00 bits per heavy atom. The average Bonchev–Trinajstić information content (AvgIpc) is 2.29. The maximum atomic E-state index is 5.97. The number of rotatable bonds is 2. The van der Waals surface area contributed by atoms with E-state index in [1.165, 1.54) is 19.3 Å². The molecule has 0 spiro atoms. The second-order valence-electron chi connectivity index (χ2n) is 5.85. The summed E-state index contributed by atoms with van der Waals surface area (Å²) < 4.78 is 0. The lowest BCUT2D eigenvalue weighted by Gasteiger charge is -2.32. The Kier molecular flexibility index (Phi) is 4.10. The van der Waals surface area contributed by atoms with E-state index in [0.29, 0.717) is 11.2 Å². The molecule has 100 valence electrons. The van der Waals surface area contributed by atoms with Crippen molar-refractivity contribution in [1.82, 2.24) is 10.2 Å². The van der Waals surface area contributed by atoms with Gasteiger partial charge in [0.25, 0.3) is 0 Å². The van der Waals surface area contributed by atoms with Crippen LogP contribution in [0, 0.1) is 25.7 Å². The molecule has 1 N–H and O–H groups in total. The SMILES string of the molecule is Cc1c(Cl)nnc(NC2CC(C)CC(C)C2)c1C.